The van der Waals surface area contributed by atoms with Crippen LogP contribution in [0.3, 0.4) is 0 Å². The summed E-state index contributed by atoms with van der Waals surface area (Å²) in [5.74, 6) is 2.66. The van der Waals surface area contributed by atoms with E-state index in [0.29, 0.717) is 36.5 Å². The molecule has 0 aliphatic carbocycles. The van der Waals surface area contributed by atoms with Crippen molar-refractivity contribution in [1.29, 1.82) is 0 Å². The van der Waals surface area contributed by atoms with Gasteiger partial charge in [0.15, 0.2) is 5.82 Å². The fourth-order valence-electron chi connectivity index (χ4n) is 1.49. The molecule has 96 valence electrons. The molecule has 0 amide bonds. The lowest BCUT2D eigenvalue weighted by atomic mass is 10.5. The van der Waals surface area contributed by atoms with Crippen LogP contribution in [0.5, 0.6) is 5.88 Å². The molecule has 0 atom stereocenters. The minimum Gasteiger partial charge on any atom is -0.478 e. The topological polar surface area (TPSA) is 77.8 Å². The Kier molecular flexibility index (Phi) is 3.71. The predicted octanol–water partition coefficient (Wildman–Crippen LogP) is 0.924. The molecule has 7 nitrogen and oxygen atoms in total. The molecule has 0 aliphatic heterocycles. The first-order chi connectivity index (χ1) is 8.67. The third kappa shape index (κ3) is 3.16. The lowest BCUT2D eigenvalue weighted by Crippen LogP contribution is -2.06. The number of anilines is 1. The predicted molar refractivity (Wildman–Crippen MR) is 66.3 cm³/mol. The Bertz CT molecular complexity index is 524. The summed E-state index contributed by atoms with van der Waals surface area (Å²) in [5, 5.41) is 7.32. The molecule has 0 fully saturated rings. The van der Waals surface area contributed by atoms with E-state index in [0.717, 1.165) is 0 Å². The summed E-state index contributed by atoms with van der Waals surface area (Å²) >= 11 is 0. The van der Waals surface area contributed by atoms with Crippen LogP contribution >= 0.6 is 0 Å². The fraction of sp³-hybridized carbons (Fsp3) is 0.455. The third-order valence-electron chi connectivity index (χ3n) is 2.18. The number of nitrogens with one attached hydrogen (secondary N) is 1. The average molecular weight is 248 g/mol. The summed E-state index contributed by atoms with van der Waals surface area (Å²) in [5.41, 5.74) is 0. The number of hydrogen-bond acceptors (Lipinski definition) is 6. The molecule has 0 unspecified atom stereocenters. The van der Waals surface area contributed by atoms with Crippen molar-refractivity contribution in [2.45, 2.75) is 20.4 Å². The molecule has 0 saturated carbocycles. The van der Waals surface area contributed by atoms with Gasteiger partial charge in [0.25, 0.3) is 0 Å². The molecular formula is C11H16N6O. The molecule has 0 saturated heterocycles. The number of rotatable bonds is 5. The van der Waals surface area contributed by atoms with Crippen molar-refractivity contribution >= 4 is 5.82 Å². The maximum absolute atomic E-state index is 5.36. The molecule has 0 bridgehead atoms. The van der Waals surface area contributed by atoms with Gasteiger partial charge in [0.05, 0.1) is 13.2 Å². The van der Waals surface area contributed by atoms with E-state index in [2.05, 4.69) is 25.4 Å². The smallest absolute Gasteiger partial charge is 0.218 e. The van der Waals surface area contributed by atoms with Crippen LogP contribution in [0.2, 0.25) is 0 Å². The molecule has 7 heteroatoms. The monoisotopic (exact) mass is 248 g/mol. The number of hydrogen-bond donors (Lipinski definition) is 1. The molecule has 2 heterocycles. The van der Waals surface area contributed by atoms with Gasteiger partial charge < -0.3 is 10.1 Å². The van der Waals surface area contributed by atoms with Crippen LogP contribution in [0.4, 0.5) is 5.82 Å². The normalized spacial score (nSPS) is 10.4. The van der Waals surface area contributed by atoms with Crippen LogP contribution < -0.4 is 10.1 Å². The maximum atomic E-state index is 5.36. The second-order valence-electron chi connectivity index (χ2n) is 3.76. The molecule has 0 spiro atoms. The van der Waals surface area contributed by atoms with E-state index in [1.54, 1.807) is 17.1 Å². The molecule has 2 aromatic heterocycles. The van der Waals surface area contributed by atoms with Crippen molar-refractivity contribution in [3.63, 3.8) is 0 Å². The summed E-state index contributed by atoms with van der Waals surface area (Å²) in [4.78, 5) is 12.6. The Morgan fingerprint density at radius 2 is 2.22 bits per heavy atom. The molecular weight excluding hydrogens is 232 g/mol. The molecule has 2 aromatic rings. The van der Waals surface area contributed by atoms with E-state index < -0.39 is 0 Å². The molecule has 0 radical (unpaired) electrons. The average Bonchev–Trinajstić information content (AvgIpc) is 2.72. The number of aryl methyl sites for hydroxylation is 2. The fourth-order valence-corrected chi connectivity index (χ4v) is 1.49. The Balaban J connectivity index is 2.04. The van der Waals surface area contributed by atoms with Gasteiger partial charge in [-0.2, -0.15) is 10.1 Å². The molecule has 0 aromatic carbocycles. The Hall–Kier alpha value is -2.18. The van der Waals surface area contributed by atoms with E-state index >= 15 is 0 Å². The third-order valence-corrected chi connectivity index (χ3v) is 2.18. The first-order valence-electron chi connectivity index (χ1n) is 5.74. The molecule has 0 aliphatic rings. The second-order valence-corrected chi connectivity index (χ2v) is 3.76. The van der Waals surface area contributed by atoms with Crippen LogP contribution in [0.1, 0.15) is 18.6 Å². The first-order valence-corrected chi connectivity index (χ1v) is 5.74. The van der Waals surface area contributed by atoms with Gasteiger partial charge in [-0.1, -0.05) is 0 Å². The molecule has 1 N–H and O–H groups in total. The van der Waals surface area contributed by atoms with Gasteiger partial charge >= 0.3 is 0 Å². The highest BCUT2D eigenvalue weighted by atomic mass is 16.5. The number of aromatic nitrogens is 5. The SMILES string of the molecule is CCOc1cc(NCc2ncn(C)n2)nc(C)n1. The zero-order valence-corrected chi connectivity index (χ0v) is 10.7. The minimum atomic E-state index is 0.517. The van der Waals surface area contributed by atoms with E-state index in [-0.39, 0.29) is 0 Å². The lowest BCUT2D eigenvalue weighted by Gasteiger charge is -2.07. The summed E-state index contributed by atoms with van der Waals surface area (Å²) in [7, 11) is 1.83. The van der Waals surface area contributed by atoms with Crippen LogP contribution in [0.25, 0.3) is 0 Å². The van der Waals surface area contributed by atoms with E-state index in [1.165, 1.54) is 0 Å². The molecule has 2 rings (SSSR count). The van der Waals surface area contributed by atoms with Gasteiger partial charge in [0.2, 0.25) is 5.88 Å². The van der Waals surface area contributed by atoms with Crippen LogP contribution in [-0.4, -0.2) is 31.3 Å². The standard InChI is InChI=1S/C11H16N6O/c1-4-18-11-5-9(14-8(2)15-11)12-6-10-13-7-17(3)16-10/h5,7H,4,6H2,1-3H3,(H,12,14,15). The minimum absolute atomic E-state index is 0.517. The van der Waals surface area contributed by atoms with E-state index in [9.17, 15) is 0 Å². The highest BCUT2D eigenvalue weighted by Gasteiger charge is 2.04. The Morgan fingerprint density at radius 1 is 1.39 bits per heavy atom. The lowest BCUT2D eigenvalue weighted by molar-refractivity contribution is 0.325. The van der Waals surface area contributed by atoms with Crippen LogP contribution in [0, 0.1) is 6.92 Å². The zero-order chi connectivity index (χ0) is 13.0. The number of nitrogens with zero attached hydrogens (tertiary/aromatic N) is 5. The summed E-state index contributed by atoms with van der Waals surface area (Å²) < 4.78 is 7.02. The maximum Gasteiger partial charge on any atom is 0.218 e. The van der Waals surface area contributed by atoms with Crippen molar-refractivity contribution in [2.24, 2.45) is 7.05 Å². The van der Waals surface area contributed by atoms with Gasteiger partial charge in [-0.3, -0.25) is 4.68 Å². The van der Waals surface area contributed by atoms with Crippen molar-refractivity contribution in [3.05, 3.63) is 24.0 Å². The van der Waals surface area contributed by atoms with E-state index in [4.69, 9.17) is 4.74 Å². The van der Waals surface area contributed by atoms with Crippen LogP contribution in [-0.2, 0) is 13.6 Å². The van der Waals surface area contributed by atoms with Gasteiger partial charge in [-0.25, -0.2) is 9.97 Å². The quantitative estimate of drug-likeness (QED) is 0.848. The van der Waals surface area contributed by atoms with Crippen molar-refractivity contribution in [2.75, 3.05) is 11.9 Å². The first kappa shape index (κ1) is 12.3. The van der Waals surface area contributed by atoms with Gasteiger partial charge in [0.1, 0.15) is 18.0 Å². The van der Waals surface area contributed by atoms with Crippen LogP contribution in [0.15, 0.2) is 12.4 Å². The highest BCUT2D eigenvalue weighted by Crippen LogP contribution is 2.13. The van der Waals surface area contributed by atoms with Gasteiger partial charge in [0, 0.05) is 13.1 Å². The highest BCUT2D eigenvalue weighted by molar-refractivity contribution is 5.38. The Morgan fingerprint density at radius 3 is 2.89 bits per heavy atom. The van der Waals surface area contributed by atoms with Crippen molar-refractivity contribution in [3.8, 4) is 5.88 Å². The molecule has 18 heavy (non-hydrogen) atoms. The van der Waals surface area contributed by atoms with Crippen molar-refractivity contribution < 1.29 is 4.74 Å². The second kappa shape index (κ2) is 5.44. The van der Waals surface area contributed by atoms with Gasteiger partial charge in [-0.15, -0.1) is 0 Å². The largest absolute Gasteiger partial charge is 0.478 e. The zero-order valence-electron chi connectivity index (χ0n) is 10.7. The summed E-state index contributed by atoms with van der Waals surface area (Å²) in [6.07, 6.45) is 1.66. The summed E-state index contributed by atoms with van der Waals surface area (Å²) in [6, 6.07) is 1.76. The van der Waals surface area contributed by atoms with Gasteiger partial charge in [-0.05, 0) is 13.8 Å². The Labute approximate surface area is 105 Å². The summed E-state index contributed by atoms with van der Waals surface area (Å²) in [6.45, 7) is 4.84. The van der Waals surface area contributed by atoms with E-state index in [1.807, 2.05) is 20.9 Å². The van der Waals surface area contributed by atoms with Crippen molar-refractivity contribution in [1.82, 2.24) is 24.7 Å². The number of ether oxygens (including phenoxy) is 1.